The second-order valence-electron chi connectivity index (χ2n) is 8.03. The normalized spacial score (nSPS) is 10.7. The first-order chi connectivity index (χ1) is 16.3. The molecule has 0 saturated carbocycles. The van der Waals surface area contributed by atoms with E-state index in [2.05, 4.69) is 13.5 Å². The number of carboxylic acids is 1. The number of unbranched alkanes of at least 4 members (excludes halogenated alkanes) is 2. The predicted molar refractivity (Wildman–Crippen MR) is 127 cm³/mol. The molecule has 0 amide bonds. The molecule has 34 heavy (non-hydrogen) atoms. The average Bonchev–Trinajstić information content (AvgIpc) is 2.82. The first-order valence-electron chi connectivity index (χ1n) is 11.1. The van der Waals surface area contributed by atoms with E-state index < -0.39 is 30.0 Å². The Morgan fingerprint density at radius 1 is 0.853 bits per heavy atom. The Morgan fingerprint density at radius 2 is 1.38 bits per heavy atom. The van der Waals surface area contributed by atoms with Gasteiger partial charge in [-0.2, -0.15) is 0 Å². The molecule has 176 valence electrons. The summed E-state index contributed by atoms with van der Waals surface area (Å²) in [7, 11) is 0. The maximum absolute atomic E-state index is 14.9. The number of carboxylic acid groups (broad SMARTS) is 1. The third-order valence-electron chi connectivity index (χ3n) is 5.47. The maximum Gasteiger partial charge on any atom is 0.331 e. The van der Waals surface area contributed by atoms with Crippen LogP contribution in [0.25, 0.3) is 22.3 Å². The number of hydrogen-bond acceptors (Lipinski definition) is 3. The van der Waals surface area contributed by atoms with Gasteiger partial charge in [0.15, 0.2) is 11.6 Å². The van der Waals surface area contributed by atoms with Crippen LogP contribution in [0, 0.1) is 11.6 Å². The molecule has 0 aromatic heterocycles. The van der Waals surface area contributed by atoms with Crippen molar-refractivity contribution in [2.45, 2.75) is 39.0 Å². The molecule has 0 unspecified atom stereocenters. The molecule has 6 heteroatoms. The van der Waals surface area contributed by atoms with E-state index in [4.69, 9.17) is 9.84 Å². The van der Waals surface area contributed by atoms with E-state index in [0.29, 0.717) is 11.1 Å². The van der Waals surface area contributed by atoms with Crippen LogP contribution >= 0.6 is 0 Å². The van der Waals surface area contributed by atoms with Crippen LogP contribution in [0.4, 0.5) is 8.78 Å². The molecule has 4 nitrogen and oxygen atoms in total. The van der Waals surface area contributed by atoms with E-state index in [1.807, 2.05) is 12.1 Å². The second kappa shape index (κ2) is 11.4. The van der Waals surface area contributed by atoms with Crippen molar-refractivity contribution in [1.29, 1.82) is 0 Å². The van der Waals surface area contributed by atoms with Crippen LogP contribution in [-0.4, -0.2) is 17.0 Å². The molecule has 0 aliphatic rings. The number of hydrogen-bond donors (Lipinski definition) is 1. The van der Waals surface area contributed by atoms with Gasteiger partial charge in [-0.25, -0.2) is 13.6 Å². The quantitative estimate of drug-likeness (QED) is 0.152. The molecule has 0 heterocycles. The fourth-order valence-corrected chi connectivity index (χ4v) is 3.55. The Hall–Kier alpha value is -3.80. The minimum Gasteiger partial charge on any atom is -0.478 e. The summed E-state index contributed by atoms with van der Waals surface area (Å²) in [6, 6.07) is 16.4. The summed E-state index contributed by atoms with van der Waals surface area (Å²) in [5.41, 5.74) is 2.16. The molecule has 3 rings (SSSR count). The molecule has 0 atom stereocenters. The molecule has 0 bridgehead atoms. The maximum atomic E-state index is 14.9. The number of aryl methyl sites for hydroxylation is 1. The van der Waals surface area contributed by atoms with Gasteiger partial charge in [-0.1, -0.05) is 74.9 Å². The smallest absolute Gasteiger partial charge is 0.331 e. The van der Waals surface area contributed by atoms with Crippen LogP contribution in [0.3, 0.4) is 0 Å². The summed E-state index contributed by atoms with van der Waals surface area (Å²) in [6.07, 6.45) is 3.91. The van der Waals surface area contributed by atoms with E-state index in [0.717, 1.165) is 25.7 Å². The van der Waals surface area contributed by atoms with Gasteiger partial charge in [0.05, 0.1) is 6.42 Å². The lowest BCUT2D eigenvalue weighted by Crippen LogP contribution is -2.12. The fourth-order valence-electron chi connectivity index (χ4n) is 3.55. The summed E-state index contributed by atoms with van der Waals surface area (Å²) in [6.45, 7) is 5.43. The second-order valence-corrected chi connectivity index (χ2v) is 8.03. The highest BCUT2D eigenvalue weighted by Gasteiger charge is 2.17. The summed E-state index contributed by atoms with van der Waals surface area (Å²) < 4.78 is 34.9. The third kappa shape index (κ3) is 6.16. The monoisotopic (exact) mass is 464 g/mol. The van der Waals surface area contributed by atoms with Crippen LogP contribution in [0.15, 0.2) is 72.8 Å². The van der Waals surface area contributed by atoms with Crippen molar-refractivity contribution in [1.82, 2.24) is 0 Å². The molecule has 0 fully saturated rings. The van der Waals surface area contributed by atoms with Crippen molar-refractivity contribution in [2.75, 3.05) is 0 Å². The Morgan fingerprint density at radius 3 is 1.88 bits per heavy atom. The molecule has 3 aromatic carbocycles. The van der Waals surface area contributed by atoms with Gasteiger partial charge >= 0.3 is 11.9 Å². The number of carbonyl (C=O) groups is 2. The van der Waals surface area contributed by atoms with Gasteiger partial charge in [0.2, 0.25) is 0 Å². The molecule has 0 aliphatic carbocycles. The van der Waals surface area contributed by atoms with E-state index >= 15 is 0 Å². The average molecular weight is 465 g/mol. The van der Waals surface area contributed by atoms with E-state index in [1.165, 1.54) is 35.9 Å². The van der Waals surface area contributed by atoms with Gasteiger partial charge < -0.3 is 9.84 Å². The zero-order valence-corrected chi connectivity index (χ0v) is 18.9. The molecule has 0 saturated heterocycles. The zero-order chi connectivity index (χ0) is 24.7. The SMILES string of the molecule is C=C(CC(=O)Oc1ccc(-c2ccc(-c3ccc(CCCCC)cc3)c(F)c2F)cc1)C(=O)O. The number of carbonyl (C=O) groups excluding carboxylic acids is 1. The van der Waals surface area contributed by atoms with Crippen LogP contribution < -0.4 is 4.74 Å². The van der Waals surface area contributed by atoms with Crippen molar-refractivity contribution in [3.8, 4) is 28.0 Å². The Balaban J connectivity index is 1.74. The number of aliphatic carboxylic acids is 1. The number of benzene rings is 3. The van der Waals surface area contributed by atoms with E-state index in [9.17, 15) is 18.4 Å². The Kier molecular flexibility index (Phi) is 8.30. The van der Waals surface area contributed by atoms with E-state index in [1.54, 1.807) is 18.2 Å². The van der Waals surface area contributed by atoms with Gasteiger partial charge in [0.25, 0.3) is 0 Å². The number of ether oxygens (including phenoxy) is 1. The van der Waals surface area contributed by atoms with E-state index in [-0.39, 0.29) is 22.4 Å². The Labute approximate surface area is 197 Å². The molecule has 0 spiro atoms. The highest BCUT2D eigenvalue weighted by molar-refractivity contribution is 5.92. The van der Waals surface area contributed by atoms with Crippen molar-refractivity contribution < 1.29 is 28.2 Å². The van der Waals surface area contributed by atoms with Crippen molar-refractivity contribution >= 4 is 11.9 Å². The van der Waals surface area contributed by atoms with Crippen LogP contribution in [0.2, 0.25) is 0 Å². The fraction of sp³-hybridized carbons (Fsp3) is 0.214. The molecular formula is C28H26F2O4. The van der Waals surface area contributed by atoms with Crippen molar-refractivity contribution in [3.63, 3.8) is 0 Å². The number of halogens is 2. The summed E-state index contributed by atoms with van der Waals surface area (Å²) in [5, 5.41) is 8.78. The van der Waals surface area contributed by atoms with Gasteiger partial charge in [-0.3, -0.25) is 4.79 Å². The van der Waals surface area contributed by atoms with Gasteiger partial charge in [-0.05, 0) is 41.7 Å². The van der Waals surface area contributed by atoms with Gasteiger partial charge in [0, 0.05) is 16.7 Å². The molecule has 1 N–H and O–H groups in total. The van der Waals surface area contributed by atoms with Crippen LogP contribution in [-0.2, 0) is 16.0 Å². The molecular weight excluding hydrogens is 438 g/mol. The first-order valence-corrected chi connectivity index (χ1v) is 11.1. The zero-order valence-electron chi connectivity index (χ0n) is 18.9. The lowest BCUT2D eigenvalue weighted by atomic mass is 9.97. The minimum atomic E-state index is -1.28. The number of esters is 1. The van der Waals surface area contributed by atoms with Crippen LogP contribution in [0.5, 0.6) is 5.75 Å². The largest absolute Gasteiger partial charge is 0.478 e. The van der Waals surface area contributed by atoms with Crippen molar-refractivity contribution in [2.24, 2.45) is 0 Å². The predicted octanol–water partition coefficient (Wildman–Crippen LogP) is 6.97. The summed E-state index contributed by atoms with van der Waals surface area (Å²) in [4.78, 5) is 22.5. The highest BCUT2D eigenvalue weighted by atomic mass is 19.2. The summed E-state index contributed by atoms with van der Waals surface area (Å²) in [5.74, 6) is -3.80. The third-order valence-corrected chi connectivity index (χ3v) is 5.47. The highest BCUT2D eigenvalue weighted by Crippen LogP contribution is 2.32. The van der Waals surface area contributed by atoms with Gasteiger partial charge in [0.1, 0.15) is 5.75 Å². The lowest BCUT2D eigenvalue weighted by molar-refractivity contribution is -0.138. The van der Waals surface area contributed by atoms with Crippen molar-refractivity contribution in [3.05, 3.63) is 90.0 Å². The van der Waals surface area contributed by atoms with Gasteiger partial charge in [-0.15, -0.1) is 0 Å². The summed E-state index contributed by atoms with van der Waals surface area (Å²) >= 11 is 0. The minimum absolute atomic E-state index is 0.0783. The molecule has 0 radical (unpaired) electrons. The topological polar surface area (TPSA) is 63.6 Å². The van der Waals surface area contributed by atoms with Crippen LogP contribution in [0.1, 0.15) is 38.2 Å². The molecule has 3 aromatic rings. The standard InChI is InChI=1S/C28H26F2O4/c1-3-4-5-6-19-7-9-20(10-8-19)23-15-16-24(27(30)26(23)29)21-11-13-22(14-12-21)34-25(31)17-18(2)28(32)33/h7-16H,2-6,17H2,1H3,(H,32,33). The molecule has 0 aliphatic heterocycles. The lowest BCUT2D eigenvalue weighted by Gasteiger charge is -2.11. The first kappa shape index (κ1) is 24.8. The Bertz CT molecular complexity index is 1180. The number of rotatable bonds is 10.